The first kappa shape index (κ1) is 21.6. The number of anilines is 1. The molecular formula is C24H23ClN4O3. The van der Waals surface area contributed by atoms with Gasteiger partial charge in [0.05, 0.1) is 17.8 Å². The SMILES string of the molecule is Cc1noc(C)c1COc1ccc(C(=O)Nc2cc(C)n(Cc3cccc(Cl)c3)n2)cc1. The summed E-state index contributed by atoms with van der Waals surface area (Å²) in [5.41, 5.74) is 4.22. The molecule has 0 saturated heterocycles. The molecule has 0 aliphatic rings. The van der Waals surface area contributed by atoms with Gasteiger partial charge in [-0.25, -0.2) is 0 Å². The highest BCUT2D eigenvalue weighted by Gasteiger charge is 2.12. The van der Waals surface area contributed by atoms with Crippen LogP contribution in [0, 0.1) is 20.8 Å². The van der Waals surface area contributed by atoms with Gasteiger partial charge < -0.3 is 14.6 Å². The topological polar surface area (TPSA) is 82.2 Å². The number of aryl methyl sites for hydroxylation is 3. The molecule has 0 aliphatic heterocycles. The van der Waals surface area contributed by atoms with Crippen LogP contribution in [-0.2, 0) is 13.2 Å². The van der Waals surface area contributed by atoms with Crippen LogP contribution in [0.5, 0.6) is 5.75 Å². The highest BCUT2D eigenvalue weighted by atomic mass is 35.5. The van der Waals surface area contributed by atoms with E-state index in [4.69, 9.17) is 20.9 Å². The van der Waals surface area contributed by atoms with Gasteiger partial charge in [-0.2, -0.15) is 5.10 Å². The van der Waals surface area contributed by atoms with Crippen molar-refractivity contribution in [2.45, 2.75) is 33.9 Å². The van der Waals surface area contributed by atoms with E-state index in [1.165, 1.54) is 0 Å². The monoisotopic (exact) mass is 450 g/mol. The van der Waals surface area contributed by atoms with Crippen molar-refractivity contribution in [2.24, 2.45) is 0 Å². The van der Waals surface area contributed by atoms with Gasteiger partial charge in [0.1, 0.15) is 18.1 Å². The van der Waals surface area contributed by atoms with E-state index in [-0.39, 0.29) is 5.91 Å². The Hall–Kier alpha value is -3.58. The number of benzene rings is 2. The molecule has 4 rings (SSSR count). The summed E-state index contributed by atoms with van der Waals surface area (Å²) in [5, 5.41) is 11.9. The summed E-state index contributed by atoms with van der Waals surface area (Å²) in [4.78, 5) is 12.6. The third kappa shape index (κ3) is 5.00. The molecule has 2 heterocycles. The van der Waals surface area contributed by atoms with E-state index in [9.17, 15) is 4.79 Å². The fourth-order valence-electron chi connectivity index (χ4n) is 3.29. The van der Waals surface area contributed by atoms with Crippen molar-refractivity contribution in [3.63, 3.8) is 0 Å². The second-order valence-corrected chi connectivity index (χ2v) is 7.96. The molecule has 2 aromatic carbocycles. The van der Waals surface area contributed by atoms with E-state index >= 15 is 0 Å². The summed E-state index contributed by atoms with van der Waals surface area (Å²) < 4.78 is 12.8. The zero-order valence-electron chi connectivity index (χ0n) is 18.1. The van der Waals surface area contributed by atoms with Crippen LogP contribution in [0.1, 0.15) is 38.6 Å². The van der Waals surface area contributed by atoms with Gasteiger partial charge in [0.25, 0.3) is 5.91 Å². The predicted molar refractivity (Wildman–Crippen MR) is 122 cm³/mol. The van der Waals surface area contributed by atoms with Crippen molar-refractivity contribution in [2.75, 3.05) is 5.32 Å². The fraction of sp³-hybridized carbons (Fsp3) is 0.208. The van der Waals surface area contributed by atoms with Crippen LogP contribution >= 0.6 is 11.6 Å². The highest BCUT2D eigenvalue weighted by molar-refractivity contribution is 6.30. The van der Waals surface area contributed by atoms with Crippen LogP contribution in [0.15, 0.2) is 59.1 Å². The Bertz CT molecular complexity index is 1230. The molecule has 7 nitrogen and oxygen atoms in total. The number of carbonyl (C=O) groups is 1. The summed E-state index contributed by atoms with van der Waals surface area (Å²) in [5.74, 6) is 1.65. The van der Waals surface area contributed by atoms with E-state index in [0.717, 1.165) is 28.3 Å². The molecule has 0 spiro atoms. The third-order valence-electron chi connectivity index (χ3n) is 5.13. The smallest absolute Gasteiger partial charge is 0.256 e. The minimum absolute atomic E-state index is 0.241. The number of rotatable bonds is 7. The molecule has 4 aromatic rings. The number of hydrogen-bond acceptors (Lipinski definition) is 5. The first-order chi connectivity index (χ1) is 15.4. The highest BCUT2D eigenvalue weighted by Crippen LogP contribution is 2.19. The molecule has 164 valence electrons. The Labute approximate surface area is 190 Å². The maximum absolute atomic E-state index is 12.6. The summed E-state index contributed by atoms with van der Waals surface area (Å²) in [6.07, 6.45) is 0. The lowest BCUT2D eigenvalue weighted by molar-refractivity contribution is 0.102. The number of nitrogens with zero attached hydrogens (tertiary/aromatic N) is 3. The zero-order chi connectivity index (χ0) is 22.7. The number of amides is 1. The molecule has 0 unspecified atom stereocenters. The standard InChI is InChI=1S/C24H23ClN4O3/c1-15-11-23(27-29(15)13-18-5-4-6-20(25)12-18)26-24(30)19-7-9-21(10-8-19)31-14-22-16(2)28-32-17(22)3/h4-12H,13-14H2,1-3H3,(H,26,27,30). The molecule has 0 saturated carbocycles. The maximum Gasteiger partial charge on any atom is 0.256 e. The van der Waals surface area contributed by atoms with Gasteiger partial charge in [-0.3, -0.25) is 9.48 Å². The minimum Gasteiger partial charge on any atom is -0.489 e. The molecule has 2 aromatic heterocycles. The zero-order valence-corrected chi connectivity index (χ0v) is 18.8. The number of hydrogen-bond donors (Lipinski definition) is 1. The van der Waals surface area contributed by atoms with Crippen molar-refractivity contribution in [1.29, 1.82) is 0 Å². The van der Waals surface area contributed by atoms with Crippen LogP contribution in [0.4, 0.5) is 5.82 Å². The Morgan fingerprint density at radius 3 is 2.59 bits per heavy atom. The second kappa shape index (κ2) is 9.28. The first-order valence-electron chi connectivity index (χ1n) is 10.1. The molecule has 0 aliphatic carbocycles. The number of aromatic nitrogens is 3. The molecule has 1 amide bonds. The van der Waals surface area contributed by atoms with Gasteiger partial charge in [-0.1, -0.05) is 28.9 Å². The summed E-state index contributed by atoms with van der Waals surface area (Å²) >= 11 is 6.06. The normalized spacial score (nSPS) is 10.9. The van der Waals surface area contributed by atoms with E-state index in [0.29, 0.717) is 35.3 Å². The quantitative estimate of drug-likeness (QED) is 0.411. The molecule has 8 heteroatoms. The lowest BCUT2D eigenvalue weighted by Gasteiger charge is -2.07. The van der Waals surface area contributed by atoms with Crippen molar-refractivity contribution >= 4 is 23.3 Å². The first-order valence-corrected chi connectivity index (χ1v) is 10.5. The fourth-order valence-corrected chi connectivity index (χ4v) is 3.51. The Balaban J connectivity index is 1.37. The Kier molecular flexibility index (Phi) is 6.28. The number of halogens is 1. The predicted octanol–water partition coefficient (Wildman–Crippen LogP) is 5.33. The Morgan fingerprint density at radius 2 is 1.91 bits per heavy atom. The van der Waals surface area contributed by atoms with Gasteiger partial charge >= 0.3 is 0 Å². The van der Waals surface area contributed by atoms with Gasteiger partial charge in [0.2, 0.25) is 0 Å². The summed E-state index contributed by atoms with van der Waals surface area (Å²) in [6.45, 7) is 6.60. The largest absolute Gasteiger partial charge is 0.489 e. The van der Waals surface area contributed by atoms with Crippen LogP contribution in [0.2, 0.25) is 5.02 Å². The number of ether oxygens (including phenoxy) is 1. The van der Waals surface area contributed by atoms with Gasteiger partial charge in [-0.05, 0) is 62.7 Å². The summed E-state index contributed by atoms with van der Waals surface area (Å²) in [7, 11) is 0. The van der Waals surface area contributed by atoms with Crippen molar-refractivity contribution in [1.82, 2.24) is 14.9 Å². The second-order valence-electron chi connectivity index (χ2n) is 7.53. The van der Waals surface area contributed by atoms with E-state index < -0.39 is 0 Å². The number of nitrogens with one attached hydrogen (secondary N) is 1. The van der Waals surface area contributed by atoms with E-state index in [1.807, 2.05) is 55.8 Å². The maximum atomic E-state index is 12.6. The molecule has 0 fully saturated rings. The molecule has 0 bridgehead atoms. The van der Waals surface area contributed by atoms with Crippen LogP contribution in [-0.4, -0.2) is 20.8 Å². The van der Waals surface area contributed by atoms with Crippen molar-refractivity contribution < 1.29 is 14.1 Å². The van der Waals surface area contributed by atoms with Crippen molar-refractivity contribution in [3.8, 4) is 5.75 Å². The minimum atomic E-state index is -0.241. The van der Waals surface area contributed by atoms with Gasteiger partial charge in [0, 0.05) is 22.3 Å². The lowest BCUT2D eigenvalue weighted by atomic mass is 10.2. The molecule has 1 N–H and O–H groups in total. The Morgan fingerprint density at radius 1 is 1.12 bits per heavy atom. The summed E-state index contributed by atoms with van der Waals surface area (Å²) in [6, 6.07) is 16.4. The van der Waals surface area contributed by atoms with E-state index in [2.05, 4.69) is 15.6 Å². The molecule has 0 atom stereocenters. The average Bonchev–Trinajstić information content (AvgIpc) is 3.27. The molecule has 32 heavy (non-hydrogen) atoms. The molecular weight excluding hydrogens is 428 g/mol. The van der Waals surface area contributed by atoms with Gasteiger partial charge in [-0.15, -0.1) is 0 Å². The average molecular weight is 451 g/mol. The van der Waals surface area contributed by atoms with Crippen LogP contribution in [0.25, 0.3) is 0 Å². The molecule has 0 radical (unpaired) electrons. The van der Waals surface area contributed by atoms with Gasteiger partial charge in [0.15, 0.2) is 5.82 Å². The number of carbonyl (C=O) groups excluding carboxylic acids is 1. The lowest BCUT2D eigenvalue weighted by Crippen LogP contribution is -2.13. The van der Waals surface area contributed by atoms with Crippen LogP contribution < -0.4 is 10.1 Å². The van der Waals surface area contributed by atoms with E-state index in [1.54, 1.807) is 24.3 Å². The van der Waals surface area contributed by atoms with Crippen molar-refractivity contribution in [3.05, 3.63) is 93.5 Å². The van der Waals surface area contributed by atoms with Crippen LogP contribution in [0.3, 0.4) is 0 Å². The third-order valence-corrected chi connectivity index (χ3v) is 5.36.